The van der Waals surface area contributed by atoms with E-state index in [1.54, 1.807) is 20.4 Å². The Bertz CT molecular complexity index is 1940. The number of hydrogen-bond acceptors (Lipinski definition) is 12. The minimum atomic E-state index is -0.919. The smallest absolute Gasteiger partial charge is 0.407 e. The summed E-state index contributed by atoms with van der Waals surface area (Å²) >= 11 is 0. The highest BCUT2D eigenvalue weighted by molar-refractivity contribution is 5.75. The molecule has 1 aliphatic rings. The molecule has 4 heterocycles. The monoisotopic (exact) mass is 709 g/mol. The van der Waals surface area contributed by atoms with Gasteiger partial charge in [0.15, 0.2) is 11.6 Å². The van der Waals surface area contributed by atoms with Gasteiger partial charge < -0.3 is 34.4 Å². The van der Waals surface area contributed by atoms with Crippen LogP contribution >= 0.6 is 0 Å². The molecule has 15 heteroatoms. The number of pyridine rings is 2. The molecule has 6 rings (SSSR count). The van der Waals surface area contributed by atoms with Gasteiger partial charge in [-0.05, 0) is 53.9 Å². The molecule has 3 aromatic heterocycles. The number of amides is 1. The van der Waals surface area contributed by atoms with Crippen molar-refractivity contribution < 1.29 is 28.5 Å². The Morgan fingerprint density at radius 2 is 1.46 bits per heavy atom. The minimum absolute atomic E-state index is 0.122. The van der Waals surface area contributed by atoms with E-state index in [1.807, 2.05) is 61.5 Å². The number of benzene rings is 2. The zero-order chi connectivity index (χ0) is 36.6. The van der Waals surface area contributed by atoms with Crippen LogP contribution in [0.5, 0.6) is 17.4 Å². The second kappa shape index (κ2) is 16.3. The summed E-state index contributed by atoms with van der Waals surface area (Å²) < 4.78 is 30.4. The van der Waals surface area contributed by atoms with Gasteiger partial charge in [-0.25, -0.2) is 24.1 Å². The normalized spacial score (nSPS) is 13.1. The predicted molar refractivity (Wildman–Crippen MR) is 193 cm³/mol. The molecule has 0 aliphatic carbocycles. The third-order valence-corrected chi connectivity index (χ3v) is 8.58. The average Bonchev–Trinajstić information content (AvgIpc) is 3.16. The molecule has 14 nitrogen and oxygen atoms in total. The second-order valence-corrected chi connectivity index (χ2v) is 12.2. The van der Waals surface area contributed by atoms with E-state index in [4.69, 9.17) is 34.1 Å². The molecule has 1 amide bonds. The lowest BCUT2D eigenvalue weighted by Gasteiger charge is -2.33. The first-order chi connectivity index (χ1) is 25.2. The molecule has 0 atom stereocenters. The van der Waals surface area contributed by atoms with Crippen molar-refractivity contribution in [2.24, 2.45) is 0 Å². The van der Waals surface area contributed by atoms with E-state index in [2.05, 4.69) is 20.1 Å². The highest BCUT2D eigenvalue weighted by Crippen LogP contribution is 2.31. The predicted octanol–water partition coefficient (Wildman–Crippen LogP) is 5.55. The minimum Gasteiger partial charge on any atom is -0.497 e. The van der Waals surface area contributed by atoms with Gasteiger partial charge >= 0.3 is 6.09 Å². The molecule has 0 saturated carbocycles. The summed E-state index contributed by atoms with van der Waals surface area (Å²) in [5.41, 5.74) is 3.85. The van der Waals surface area contributed by atoms with Crippen molar-refractivity contribution in [1.29, 1.82) is 0 Å². The second-order valence-electron chi connectivity index (χ2n) is 12.2. The Morgan fingerprint density at radius 1 is 0.827 bits per heavy atom. The van der Waals surface area contributed by atoms with Crippen molar-refractivity contribution in [3.05, 3.63) is 101 Å². The summed E-state index contributed by atoms with van der Waals surface area (Å²) in [6.45, 7) is 5.31. The van der Waals surface area contributed by atoms with Crippen LogP contribution in [0.4, 0.5) is 26.6 Å². The fourth-order valence-corrected chi connectivity index (χ4v) is 5.83. The van der Waals surface area contributed by atoms with E-state index in [1.165, 1.54) is 24.3 Å². The summed E-state index contributed by atoms with van der Waals surface area (Å²) in [6.07, 6.45) is 2.27. The van der Waals surface area contributed by atoms with Crippen LogP contribution in [0.1, 0.15) is 22.5 Å². The van der Waals surface area contributed by atoms with E-state index in [9.17, 15) is 14.3 Å². The summed E-state index contributed by atoms with van der Waals surface area (Å²) in [7, 11) is 4.62. The number of carboxylic acid groups (broad SMARTS) is 1. The zero-order valence-corrected chi connectivity index (χ0v) is 29.4. The van der Waals surface area contributed by atoms with Crippen molar-refractivity contribution in [2.45, 2.75) is 26.6 Å². The lowest BCUT2D eigenvalue weighted by molar-refractivity contribution is 0.103. The fraction of sp³-hybridized carbons (Fsp3) is 0.297. The highest BCUT2D eigenvalue weighted by Gasteiger charge is 2.23. The number of aryl methyl sites for hydroxylation is 1. The number of ether oxygens (including phenoxy) is 3. The number of nitrogens with zero attached hydrogens (tertiary/aromatic N) is 8. The van der Waals surface area contributed by atoms with E-state index in [0.29, 0.717) is 80.5 Å². The topological polar surface area (TPSA) is 151 Å². The number of anilines is 3. The van der Waals surface area contributed by atoms with E-state index in [0.717, 1.165) is 28.2 Å². The van der Waals surface area contributed by atoms with Gasteiger partial charge in [-0.2, -0.15) is 9.97 Å². The lowest BCUT2D eigenvalue weighted by atomic mass is 10.1. The van der Waals surface area contributed by atoms with Crippen molar-refractivity contribution in [3.8, 4) is 28.8 Å². The molecule has 270 valence electrons. The third-order valence-electron chi connectivity index (χ3n) is 8.58. The number of methoxy groups -OCH3 is 3. The number of piperazine rings is 1. The third kappa shape index (κ3) is 8.79. The molecular formula is C37H40FN9O5. The van der Waals surface area contributed by atoms with E-state index < -0.39 is 11.9 Å². The number of rotatable bonds is 13. The SMILES string of the molecule is COc1ccc(CN(Cc2ccc(OC)cc2)c2nc(C)nc(-c3cc(CN4CCN(C(=O)O)CC4)cnc3Nc3cnc(OC)c(F)c3)n2)cc1. The van der Waals surface area contributed by atoms with Gasteiger partial charge in [0.05, 0.1) is 38.8 Å². The fourth-order valence-electron chi connectivity index (χ4n) is 5.83. The molecule has 1 fully saturated rings. The van der Waals surface area contributed by atoms with Crippen LogP contribution in [-0.2, 0) is 19.6 Å². The average molecular weight is 710 g/mol. The summed E-state index contributed by atoms with van der Waals surface area (Å²) in [5.74, 6) is 2.46. The summed E-state index contributed by atoms with van der Waals surface area (Å²) in [5, 5.41) is 12.6. The van der Waals surface area contributed by atoms with Crippen LogP contribution in [0.2, 0.25) is 0 Å². The number of carbonyl (C=O) groups is 1. The van der Waals surface area contributed by atoms with Crippen molar-refractivity contribution in [2.75, 3.05) is 57.7 Å². The molecule has 0 spiro atoms. The first kappa shape index (κ1) is 35.7. The maximum Gasteiger partial charge on any atom is 0.407 e. The maximum absolute atomic E-state index is 14.7. The largest absolute Gasteiger partial charge is 0.497 e. The van der Waals surface area contributed by atoms with Crippen molar-refractivity contribution in [3.63, 3.8) is 0 Å². The van der Waals surface area contributed by atoms with Crippen molar-refractivity contribution >= 4 is 23.5 Å². The van der Waals surface area contributed by atoms with Gasteiger partial charge in [-0.15, -0.1) is 0 Å². The Hall–Kier alpha value is -6.09. The van der Waals surface area contributed by atoms with Crippen LogP contribution in [0, 0.1) is 12.7 Å². The van der Waals surface area contributed by atoms with Crippen LogP contribution in [0.3, 0.4) is 0 Å². The number of hydrogen-bond donors (Lipinski definition) is 2. The van der Waals surface area contributed by atoms with Crippen LogP contribution in [0.25, 0.3) is 11.4 Å². The van der Waals surface area contributed by atoms with Crippen molar-refractivity contribution in [1.82, 2.24) is 34.7 Å². The maximum atomic E-state index is 14.7. The zero-order valence-electron chi connectivity index (χ0n) is 29.4. The molecule has 0 bridgehead atoms. The number of halogens is 1. The van der Waals surface area contributed by atoms with Crippen LogP contribution in [-0.4, -0.2) is 93.4 Å². The molecule has 0 radical (unpaired) electrons. The Kier molecular flexibility index (Phi) is 11.2. The first-order valence-electron chi connectivity index (χ1n) is 16.6. The lowest BCUT2D eigenvalue weighted by Crippen LogP contribution is -2.47. The summed E-state index contributed by atoms with van der Waals surface area (Å²) in [4.78, 5) is 40.4. The standard InChI is InChI=1S/C37H40FN9O5/c1-24-41-34(44-36(42-24)47(22-25-5-9-29(50-2)10-6-25)23-26-7-11-30(51-3)12-8-26)31-17-27(21-45-13-15-46(16-14-45)37(48)49)19-39-33(31)43-28-18-32(38)35(52-4)40-20-28/h5-12,17-20H,13-16,21-23H2,1-4H3,(H,39,43)(H,48,49). The molecule has 1 saturated heterocycles. The van der Waals surface area contributed by atoms with Gasteiger partial charge in [0.2, 0.25) is 11.8 Å². The quantitative estimate of drug-likeness (QED) is 0.157. The Balaban J connectivity index is 1.38. The first-order valence-corrected chi connectivity index (χ1v) is 16.6. The van der Waals surface area contributed by atoms with Crippen LogP contribution < -0.4 is 24.4 Å². The molecule has 0 unspecified atom stereocenters. The van der Waals surface area contributed by atoms with Gasteiger partial charge in [0.25, 0.3) is 0 Å². The number of nitrogens with one attached hydrogen (secondary N) is 1. The van der Waals surface area contributed by atoms with Gasteiger partial charge in [-0.1, -0.05) is 24.3 Å². The van der Waals surface area contributed by atoms with Gasteiger partial charge in [-0.3, -0.25) is 4.90 Å². The molecule has 2 aromatic carbocycles. The van der Waals surface area contributed by atoms with Crippen LogP contribution in [0.15, 0.2) is 73.1 Å². The van der Waals surface area contributed by atoms with E-state index in [-0.39, 0.29) is 5.88 Å². The Morgan fingerprint density at radius 3 is 2.02 bits per heavy atom. The van der Waals surface area contributed by atoms with Gasteiger partial charge in [0, 0.05) is 58.1 Å². The molecule has 5 aromatic rings. The van der Waals surface area contributed by atoms with E-state index >= 15 is 0 Å². The molecule has 1 aliphatic heterocycles. The molecule has 2 N–H and O–H groups in total. The highest BCUT2D eigenvalue weighted by atomic mass is 19.1. The van der Waals surface area contributed by atoms with Gasteiger partial charge in [0.1, 0.15) is 23.1 Å². The number of aromatic nitrogens is 5. The molecule has 52 heavy (non-hydrogen) atoms. The molecular weight excluding hydrogens is 669 g/mol. The summed E-state index contributed by atoms with van der Waals surface area (Å²) in [6, 6.07) is 18.9. The Labute approximate surface area is 300 Å².